The van der Waals surface area contributed by atoms with E-state index in [9.17, 15) is 24.2 Å². The molecule has 11 nitrogen and oxygen atoms in total. The van der Waals surface area contributed by atoms with E-state index in [2.05, 4.69) is 4.52 Å². The summed E-state index contributed by atoms with van der Waals surface area (Å²) < 4.78 is 32.2. The molecule has 24 heavy (non-hydrogen) atoms. The first-order chi connectivity index (χ1) is 11.2. The van der Waals surface area contributed by atoms with Crippen molar-refractivity contribution in [2.45, 2.75) is 25.4 Å². The van der Waals surface area contributed by atoms with Crippen LogP contribution in [0.15, 0.2) is 21.9 Å². The fourth-order valence-corrected chi connectivity index (χ4v) is 2.47. The van der Waals surface area contributed by atoms with Crippen molar-refractivity contribution < 1.29 is 33.1 Å². The van der Waals surface area contributed by atoms with Crippen LogP contribution >= 0.6 is 7.82 Å². The van der Waals surface area contributed by atoms with Gasteiger partial charge in [-0.15, -0.1) is 0 Å². The van der Waals surface area contributed by atoms with Gasteiger partial charge < -0.3 is 19.5 Å². The first-order valence-electron chi connectivity index (χ1n) is 6.87. The van der Waals surface area contributed by atoms with E-state index in [0.717, 1.165) is 23.9 Å². The first-order valence-corrected chi connectivity index (χ1v) is 8.37. The molecule has 0 aliphatic heterocycles. The monoisotopic (exact) mass is 368 g/mol. The van der Waals surface area contributed by atoms with Crippen molar-refractivity contribution in [3.8, 4) is 0 Å². The number of aromatic amines is 1. The lowest BCUT2D eigenvalue weighted by molar-refractivity contribution is -0.137. The molecule has 0 aliphatic carbocycles. The third-order valence-electron chi connectivity index (χ3n) is 3.03. The summed E-state index contributed by atoms with van der Waals surface area (Å²) in [5.41, 5.74) is -1.38. The molecule has 4 atom stereocenters. The zero-order valence-corrected chi connectivity index (χ0v) is 14.3. The first kappa shape index (κ1) is 20.7. The maximum absolute atomic E-state index is 11.8. The highest BCUT2D eigenvalue weighted by molar-refractivity contribution is 7.47. The van der Waals surface area contributed by atoms with Crippen molar-refractivity contribution in [1.29, 1.82) is 0 Å². The van der Waals surface area contributed by atoms with Gasteiger partial charge in [0.05, 0.1) is 19.3 Å². The van der Waals surface area contributed by atoms with Crippen LogP contribution in [-0.2, 0) is 23.1 Å². The molecule has 0 saturated carbocycles. The SMILES string of the molecule is COCC(OC(CO)n1ccc(=O)[nH]c1=O)[C@H](C)OP(=O)(O)OC. The van der Waals surface area contributed by atoms with Crippen LogP contribution in [0.25, 0.3) is 0 Å². The lowest BCUT2D eigenvalue weighted by Crippen LogP contribution is -2.40. The Morgan fingerprint density at radius 3 is 2.54 bits per heavy atom. The lowest BCUT2D eigenvalue weighted by Gasteiger charge is -2.29. The van der Waals surface area contributed by atoms with E-state index in [-0.39, 0.29) is 6.61 Å². The third-order valence-corrected chi connectivity index (χ3v) is 4.09. The molecule has 0 spiro atoms. The number of nitrogens with zero attached hydrogens (tertiary/aromatic N) is 1. The van der Waals surface area contributed by atoms with Gasteiger partial charge in [-0.05, 0) is 6.92 Å². The van der Waals surface area contributed by atoms with Gasteiger partial charge in [-0.2, -0.15) is 0 Å². The second-order valence-corrected chi connectivity index (χ2v) is 6.26. The van der Waals surface area contributed by atoms with Gasteiger partial charge in [-0.3, -0.25) is 23.4 Å². The summed E-state index contributed by atoms with van der Waals surface area (Å²) >= 11 is 0. The Balaban J connectivity index is 2.97. The van der Waals surface area contributed by atoms with Gasteiger partial charge in [-0.25, -0.2) is 9.36 Å². The highest BCUT2D eigenvalue weighted by Crippen LogP contribution is 2.44. The van der Waals surface area contributed by atoms with Gasteiger partial charge in [0.25, 0.3) is 5.56 Å². The van der Waals surface area contributed by atoms with Crippen LogP contribution in [0.4, 0.5) is 0 Å². The predicted octanol–water partition coefficient (Wildman–Crippen LogP) is -0.789. The molecule has 3 N–H and O–H groups in total. The fourth-order valence-electron chi connectivity index (χ4n) is 1.82. The molecule has 0 saturated heterocycles. The second kappa shape index (κ2) is 9.23. The molecule has 0 aromatic carbocycles. The Labute approximate surface area is 137 Å². The number of aliphatic hydroxyl groups is 1. The molecule has 0 aliphatic rings. The molecule has 138 valence electrons. The second-order valence-electron chi connectivity index (χ2n) is 4.75. The molecule has 0 radical (unpaired) electrons. The van der Waals surface area contributed by atoms with Crippen LogP contribution in [0, 0.1) is 0 Å². The molecule has 1 rings (SSSR count). The Morgan fingerprint density at radius 1 is 1.38 bits per heavy atom. The summed E-state index contributed by atoms with van der Waals surface area (Å²) in [5, 5.41) is 9.46. The van der Waals surface area contributed by atoms with Crippen molar-refractivity contribution >= 4 is 7.82 Å². The fraction of sp³-hybridized carbons (Fsp3) is 0.667. The molecule has 1 aromatic heterocycles. The number of methoxy groups -OCH3 is 1. The van der Waals surface area contributed by atoms with Crippen LogP contribution in [0.1, 0.15) is 13.2 Å². The molecule has 0 amide bonds. The number of hydrogen-bond acceptors (Lipinski definition) is 8. The number of phosphoric acid groups is 1. The molecular weight excluding hydrogens is 347 g/mol. The maximum atomic E-state index is 11.8. The van der Waals surface area contributed by atoms with E-state index < -0.39 is 44.1 Å². The minimum Gasteiger partial charge on any atom is -0.392 e. The largest absolute Gasteiger partial charge is 0.472 e. The smallest absolute Gasteiger partial charge is 0.392 e. The lowest BCUT2D eigenvalue weighted by atomic mass is 10.2. The van der Waals surface area contributed by atoms with Crippen molar-refractivity contribution in [2.24, 2.45) is 0 Å². The number of ether oxygens (including phenoxy) is 2. The standard InChI is InChI=1S/C12H21N2O9P/c1-8(23-24(18,19)21-3)9(7-20-2)22-11(6-15)14-5-4-10(16)13-12(14)17/h4-5,8-9,11,15H,6-7H2,1-3H3,(H,18,19)(H,13,16,17)/t8-,9?,11?/m0/s1. The molecule has 0 fully saturated rings. The zero-order valence-electron chi connectivity index (χ0n) is 13.4. The Hall–Kier alpha value is -1.33. The van der Waals surface area contributed by atoms with Crippen LogP contribution < -0.4 is 11.2 Å². The molecule has 12 heteroatoms. The number of aromatic nitrogens is 2. The molecule has 1 heterocycles. The Morgan fingerprint density at radius 2 is 2.04 bits per heavy atom. The molecule has 0 bridgehead atoms. The summed E-state index contributed by atoms with van der Waals surface area (Å²) in [6.45, 7) is 0.787. The van der Waals surface area contributed by atoms with E-state index in [4.69, 9.17) is 14.0 Å². The summed E-state index contributed by atoms with van der Waals surface area (Å²) in [5.74, 6) is 0. The van der Waals surface area contributed by atoms with E-state index in [1.54, 1.807) is 0 Å². The minimum absolute atomic E-state index is 0.0561. The van der Waals surface area contributed by atoms with Gasteiger partial charge in [0.2, 0.25) is 0 Å². The highest BCUT2D eigenvalue weighted by atomic mass is 31.2. The number of phosphoric ester groups is 1. The van der Waals surface area contributed by atoms with Crippen LogP contribution in [0.3, 0.4) is 0 Å². The predicted molar refractivity (Wildman–Crippen MR) is 81.6 cm³/mol. The number of aliphatic hydroxyl groups excluding tert-OH is 1. The molecule has 3 unspecified atom stereocenters. The summed E-state index contributed by atoms with van der Waals surface area (Å²) in [4.78, 5) is 34.3. The zero-order chi connectivity index (χ0) is 18.3. The van der Waals surface area contributed by atoms with Crippen molar-refractivity contribution in [3.05, 3.63) is 33.1 Å². The summed E-state index contributed by atoms with van der Waals surface area (Å²) in [6.07, 6.45) is -1.89. The third kappa shape index (κ3) is 5.95. The van der Waals surface area contributed by atoms with Gasteiger partial charge >= 0.3 is 13.5 Å². The summed E-state index contributed by atoms with van der Waals surface area (Å²) in [6, 6.07) is 1.09. The summed E-state index contributed by atoms with van der Waals surface area (Å²) in [7, 11) is -1.88. The van der Waals surface area contributed by atoms with Crippen molar-refractivity contribution in [1.82, 2.24) is 9.55 Å². The van der Waals surface area contributed by atoms with Gasteiger partial charge in [-0.1, -0.05) is 0 Å². The quantitative estimate of drug-likeness (QED) is 0.452. The number of nitrogens with one attached hydrogen (secondary N) is 1. The van der Waals surface area contributed by atoms with Crippen LogP contribution in [0.2, 0.25) is 0 Å². The average molecular weight is 368 g/mol. The number of H-pyrrole nitrogens is 1. The van der Waals surface area contributed by atoms with Crippen LogP contribution in [-0.4, -0.2) is 59.2 Å². The minimum atomic E-state index is -4.26. The highest BCUT2D eigenvalue weighted by Gasteiger charge is 2.31. The van der Waals surface area contributed by atoms with E-state index in [0.29, 0.717) is 0 Å². The number of hydrogen-bond donors (Lipinski definition) is 3. The molecule has 1 aromatic rings. The van der Waals surface area contributed by atoms with Crippen molar-refractivity contribution in [2.75, 3.05) is 27.4 Å². The van der Waals surface area contributed by atoms with Gasteiger partial charge in [0.15, 0.2) is 6.23 Å². The Bertz CT molecular complexity index is 673. The maximum Gasteiger partial charge on any atom is 0.472 e. The Kier molecular flexibility index (Phi) is 7.97. The van der Waals surface area contributed by atoms with Gasteiger partial charge in [0.1, 0.15) is 6.10 Å². The van der Waals surface area contributed by atoms with E-state index in [1.165, 1.54) is 14.0 Å². The van der Waals surface area contributed by atoms with Gasteiger partial charge in [0, 0.05) is 26.5 Å². The van der Waals surface area contributed by atoms with E-state index >= 15 is 0 Å². The number of rotatable bonds is 10. The molecular formula is C12H21N2O9P. The van der Waals surface area contributed by atoms with E-state index in [1.807, 2.05) is 4.98 Å². The average Bonchev–Trinajstić information content (AvgIpc) is 2.51. The topological polar surface area (TPSA) is 149 Å². The van der Waals surface area contributed by atoms with Crippen molar-refractivity contribution in [3.63, 3.8) is 0 Å². The normalized spacial score (nSPS) is 17.9. The van der Waals surface area contributed by atoms with Crippen LogP contribution in [0.5, 0.6) is 0 Å².